The van der Waals surface area contributed by atoms with Crippen LogP contribution < -0.4 is 5.32 Å². The van der Waals surface area contributed by atoms with Crippen molar-refractivity contribution in [3.63, 3.8) is 0 Å². The highest BCUT2D eigenvalue weighted by molar-refractivity contribution is 7.99. The molecule has 0 fully saturated rings. The van der Waals surface area contributed by atoms with Crippen LogP contribution in [-0.4, -0.2) is 23.8 Å². The lowest BCUT2D eigenvalue weighted by molar-refractivity contribution is -0.147. The van der Waals surface area contributed by atoms with E-state index in [4.69, 9.17) is 4.74 Å². The van der Waals surface area contributed by atoms with Crippen LogP contribution in [0.1, 0.15) is 30.1 Å². The zero-order valence-corrected chi connectivity index (χ0v) is 17.9. The highest BCUT2D eigenvalue weighted by atomic mass is 32.2. The van der Waals surface area contributed by atoms with Gasteiger partial charge < -0.3 is 10.1 Å². The summed E-state index contributed by atoms with van der Waals surface area (Å²) in [6.45, 7) is 1.53. The van der Waals surface area contributed by atoms with E-state index in [2.05, 4.69) is 5.32 Å². The molecule has 0 saturated heterocycles. The summed E-state index contributed by atoms with van der Waals surface area (Å²) in [5.74, 6) is -1.14. The molecule has 3 aromatic rings. The van der Waals surface area contributed by atoms with Gasteiger partial charge in [-0.15, -0.1) is 0 Å². The first-order valence-corrected chi connectivity index (χ1v) is 10.7. The second kappa shape index (κ2) is 11.1. The molecule has 0 aliphatic carbocycles. The number of esters is 1. The van der Waals surface area contributed by atoms with E-state index in [1.807, 2.05) is 60.7 Å². The summed E-state index contributed by atoms with van der Waals surface area (Å²) in [7, 11) is 0. The monoisotopic (exact) mass is 433 g/mol. The molecule has 1 N–H and O–H groups in total. The molecule has 0 saturated carbocycles. The number of hydrogen-bond acceptors (Lipinski definition) is 5. The lowest BCUT2D eigenvalue weighted by Gasteiger charge is -2.12. The minimum absolute atomic E-state index is 0.0222. The zero-order chi connectivity index (χ0) is 22.1. The summed E-state index contributed by atoms with van der Waals surface area (Å²) in [6.07, 6.45) is -1.01. The van der Waals surface area contributed by atoms with Crippen LogP contribution in [0.5, 0.6) is 0 Å². The molecule has 3 rings (SSSR count). The smallest absolute Gasteiger partial charge is 0.307 e. The van der Waals surface area contributed by atoms with Gasteiger partial charge >= 0.3 is 5.97 Å². The van der Waals surface area contributed by atoms with Gasteiger partial charge in [0.2, 0.25) is 11.7 Å². The Balaban J connectivity index is 1.42. The molecule has 0 spiro atoms. The molecule has 1 unspecified atom stereocenters. The largest absolute Gasteiger partial charge is 0.454 e. The molecule has 0 aliphatic rings. The van der Waals surface area contributed by atoms with E-state index in [0.717, 1.165) is 9.79 Å². The fourth-order valence-corrected chi connectivity index (χ4v) is 3.65. The summed E-state index contributed by atoms with van der Waals surface area (Å²) in [4.78, 5) is 38.6. The molecule has 31 heavy (non-hydrogen) atoms. The van der Waals surface area contributed by atoms with Gasteiger partial charge in [0, 0.05) is 27.5 Å². The fraction of sp³-hybridized carbons (Fsp3) is 0.160. The van der Waals surface area contributed by atoms with Crippen LogP contribution in [0.4, 0.5) is 5.69 Å². The first-order chi connectivity index (χ1) is 15.0. The maximum Gasteiger partial charge on any atom is 0.307 e. The predicted octanol–water partition coefficient (Wildman–Crippen LogP) is 5.37. The van der Waals surface area contributed by atoms with Gasteiger partial charge in [0.05, 0.1) is 6.42 Å². The Hall–Kier alpha value is -3.38. The van der Waals surface area contributed by atoms with Gasteiger partial charge in [0.15, 0.2) is 6.10 Å². The summed E-state index contributed by atoms with van der Waals surface area (Å²) < 4.78 is 5.17. The Morgan fingerprint density at radius 1 is 0.806 bits per heavy atom. The zero-order valence-electron chi connectivity index (χ0n) is 17.1. The summed E-state index contributed by atoms with van der Waals surface area (Å²) in [5.41, 5.74) is 1.14. The first-order valence-electron chi connectivity index (χ1n) is 9.93. The van der Waals surface area contributed by atoms with Crippen LogP contribution in [0, 0.1) is 0 Å². The van der Waals surface area contributed by atoms with E-state index in [1.165, 1.54) is 6.92 Å². The van der Waals surface area contributed by atoms with Crippen molar-refractivity contribution in [3.8, 4) is 0 Å². The number of hydrogen-bond donors (Lipinski definition) is 1. The van der Waals surface area contributed by atoms with Gasteiger partial charge in [-0.3, -0.25) is 14.4 Å². The average molecular weight is 434 g/mol. The topological polar surface area (TPSA) is 72.5 Å². The Bertz CT molecular complexity index is 1020. The maximum absolute atomic E-state index is 12.2. The van der Waals surface area contributed by atoms with Crippen molar-refractivity contribution in [2.45, 2.75) is 35.7 Å². The Morgan fingerprint density at radius 2 is 1.39 bits per heavy atom. The molecule has 158 valence electrons. The third kappa shape index (κ3) is 7.12. The molecule has 1 amide bonds. The molecule has 6 heteroatoms. The van der Waals surface area contributed by atoms with Crippen molar-refractivity contribution in [2.75, 3.05) is 5.32 Å². The highest BCUT2D eigenvalue weighted by Crippen LogP contribution is 2.28. The van der Waals surface area contributed by atoms with Crippen molar-refractivity contribution >= 4 is 35.1 Å². The van der Waals surface area contributed by atoms with Crippen LogP contribution in [0.25, 0.3) is 0 Å². The van der Waals surface area contributed by atoms with Crippen molar-refractivity contribution < 1.29 is 19.1 Å². The number of ketones is 1. The van der Waals surface area contributed by atoms with Gasteiger partial charge in [0.25, 0.3) is 0 Å². The molecule has 0 aromatic heterocycles. The van der Waals surface area contributed by atoms with E-state index in [1.54, 1.807) is 36.0 Å². The van der Waals surface area contributed by atoms with Crippen LogP contribution in [0.15, 0.2) is 94.7 Å². The molecule has 1 atom stereocenters. The third-order valence-corrected chi connectivity index (χ3v) is 5.42. The molecule has 0 heterocycles. The van der Waals surface area contributed by atoms with Gasteiger partial charge in [-0.25, -0.2) is 0 Å². The fourth-order valence-electron chi connectivity index (χ4n) is 2.82. The van der Waals surface area contributed by atoms with Crippen molar-refractivity contribution in [1.82, 2.24) is 0 Å². The summed E-state index contributed by atoms with van der Waals surface area (Å²) >= 11 is 1.63. The van der Waals surface area contributed by atoms with E-state index in [0.29, 0.717) is 11.3 Å². The van der Waals surface area contributed by atoms with Crippen molar-refractivity contribution in [1.29, 1.82) is 0 Å². The SMILES string of the molecule is CC(OC(=O)CCC(=O)Nc1ccc(Sc2ccccc2)cc1)C(=O)c1ccccc1. The normalized spacial score (nSPS) is 11.4. The molecule has 0 aliphatic heterocycles. The van der Waals surface area contributed by atoms with E-state index >= 15 is 0 Å². The standard InChI is InChI=1S/C25H23NO4S/c1-18(25(29)19-8-4-2-5-9-19)30-24(28)17-16-23(27)26-20-12-14-22(15-13-20)31-21-10-6-3-7-11-21/h2-15,18H,16-17H2,1H3,(H,26,27). The number of rotatable bonds is 9. The van der Waals surface area contributed by atoms with Gasteiger partial charge in [-0.1, -0.05) is 60.3 Å². The van der Waals surface area contributed by atoms with Crippen molar-refractivity contribution in [2.24, 2.45) is 0 Å². The number of ether oxygens (including phenoxy) is 1. The van der Waals surface area contributed by atoms with E-state index in [9.17, 15) is 14.4 Å². The number of carbonyl (C=O) groups is 3. The number of benzene rings is 3. The molecule has 0 radical (unpaired) electrons. The van der Waals surface area contributed by atoms with Crippen LogP contribution in [-0.2, 0) is 14.3 Å². The number of Topliss-reactive ketones (excluding diaryl/α,β-unsaturated/α-hetero) is 1. The summed E-state index contributed by atoms with van der Waals surface area (Å²) in [5, 5.41) is 2.77. The number of carbonyl (C=O) groups excluding carboxylic acids is 3. The second-order valence-corrected chi connectivity index (χ2v) is 8.00. The van der Waals surface area contributed by atoms with Crippen LogP contribution in [0.2, 0.25) is 0 Å². The van der Waals surface area contributed by atoms with Gasteiger partial charge in [-0.2, -0.15) is 0 Å². The molecule has 3 aromatic carbocycles. The van der Waals surface area contributed by atoms with Crippen LogP contribution >= 0.6 is 11.8 Å². The van der Waals surface area contributed by atoms with Crippen molar-refractivity contribution in [3.05, 3.63) is 90.5 Å². The first kappa shape index (κ1) is 22.3. The minimum Gasteiger partial charge on any atom is -0.454 e. The van der Waals surface area contributed by atoms with E-state index in [-0.39, 0.29) is 24.5 Å². The number of nitrogens with one attached hydrogen (secondary N) is 1. The average Bonchev–Trinajstić information content (AvgIpc) is 2.80. The van der Waals surface area contributed by atoms with Crippen LogP contribution in [0.3, 0.4) is 0 Å². The molecular formula is C25H23NO4S. The van der Waals surface area contributed by atoms with E-state index < -0.39 is 12.1 Å². The third-order valence-electron chi connectivity index (χ3n) is 4.41. The Labute approximate surface area is 185 Å². The summed E-state index contributed by atoms with van der Waals surface area (Å²) in [6, 6.07) is 26.2. The number of amides is 1. The van der Waals surface area contributed by atoms with Gasteiger partial charge in [0.1, 0.15) is 0 Å². The molecular weight excluding hydrogens is 410 g/mol. The second-order valence-electron chi connectivity index (χ2n) is 6.85. The number of anilines is 1. The molecule has 0 bridgehead atoms. The van der Waals surface area contributed by atoms with Gasteiger partial charge in [-0.05, 0) is 43.3 Å². The predicted molar refractivity (Wildman–Crippen MR) is 121 cm³/mol. The lowest BCUT2D eigenvalue weighted by atomic mass is 10.1. The maximum atomic E-state index is 12.2. The lowest BCUT2D eigenvalue weighted by Crippen LogP contribution is -2.25. The Morgan fingerprint density at radius 3 is 2.03 bits per heavy atom. The quantitative estimate of drug-likeness (QED) is 0.363. The molecule has 5 nitrogen and oxygen atoms in total. The Kier molecular flexibility index (Phi) is 8.01. The minimum atomic E-state index is -0.896. The highest BCUT2D eigenvalue weighted by Gasteiger charge is 2.19.